The Morgan fingerprint density at radius 2 is 1.83 bits per heavy atom. The summed E-state index contributed by atoms with van der Waals surface area (Å²) in [6, 6.07) is 18.4. The van der Waals surface area contributed by atoms with E-state index >= 15 is 0 Å². The van der Waals surface area contributed by atoms with Crippen LogP contribution in [0.25, 0.3) is 0 Å². The van der Waals surface area contributed by atoms with Crippen molar-refractivity contribution in [1.82, 2.24) is 10.3 Å². The molecule has 0 radical (unpaired) electrons. The number of piperidine rings is 1. The first kappa shape index (κ1) is 31.3. The monoisotopic (exact) mass is 588 g/mol. The highest BCUT2D eigenvalue weighted by Gasteiger charge is 2.17. The molecule has 3 aromatic carbocycles. The molecule has 1 aliphatic rings. The number of thioether (sulfide) groups is 1. The number of anilines is 1. The van der Waals surface area contributed by atoms with Crippen molar-refractivity contribution in [1.29, 1.82) is 0 Å². The zero-order valence-corrected chi connectivity index (χ0v) is 25.2. The van der Waals surface area contributed by atoms with E-state index in [2.05, 4.69) is 20.7 Å². The van der Waals surface area contributed by atoms with Gasteiger partial charge in [-0.1, -0.05) is 36.8 Å². The van der Waals surface area contributed by atoms with Gasteiger partial charge in [0.15, 0.2) is 0 Å². The lowest BCUT2D eigenvalue weighted by atomic mass is 10.1. The predicted molar refractivity (Wildman–Crippen MR) is 171 cm³/mol. The van der Waals surface area contributed by atoms with E-state index in [1.165, 1.54) is 24.8 Å². The van der Waals surface area contributed by atoms with Crippen molar-refractivity contribution in [3.05, 3.63) is 94.0 Å². The molecule has 0 aliphatic carbocycles. The molecule has 9 heteroatoms. The van der Waals surface area contributed by atoms with Gasteiger partial charge in [-0.15, -0.1) is 0 Å². The van der Waals surface area contributed by atoms with Crippen LogP contribution < -0.4 is 15.5 Å². The molecule has 8 nitrogen and oxygen atoms in total. The number of amides is 2. The maximum Gasteiger partial charge on any atom is 0.273 e. The molecule has 4 rings (SSSR count). The van der Waals surface area contributed by atoms with Crippen molar-refractivity contribution < 1.29 is 19.4 Å². The largest absolute Gasteiger partial charge is 0.492 e. The summed E-state index contributed by atoms with van der Waals surface area (Å²) >= 11 is 1.60. The Bertz CT molecular complexity index is 1390. The van der Waals surface area contributed by atoms with Crippen molar-refractivity contribution in [2.75, 3.05) is 43.9 Å². The van der Waals surface area contributed by atoms with Gasteiger partial charge in [0.25, 0.3) is 11.8 Å². The number of likely N-dealkylation sites (tertiary alicyclic amines) is 1. The smallest absolute Gasteiger partial charge is 0.273 e. The SMILES string of the molecule is Cc1ccc(C=NNC(=O)c2cc(OCCN3CCCCC3)ccc2NC(=O)c2cccc(CSCCO)c2)cc1C. The molecule has 0 bridgehead atoms. The van der Waals surface area contributed by atoms with E-state index in [9.17, 15) is 9.59 Å². The second-order valence-corrected chi connectivity index (χ2v) is 11.5. The van der Waals surface area contributed by atoms with Gasteiger partial charge in [0.05, 0.1) is 24.1 Å². The van der Waals surface area contributed by atoms with Gasteiger partial charge in [0, 0.05) is 23.6 Å². The number of rotatable bonds is 13. The molecule has 1 saturated heterocycles. The van der Waals surface area contributed by atoms with Crippen molar-refractivity contribution in [2.24, 2.45) is 5.10 Å². The molecule has 42 heavy (non-hydrogen) atoms. The first-order chi connectivity index (χ1) is 20.4. The minimum Gasteiger partial charge on any atom is -0.492 e. The molecule has 3 N–H and O–H groups in total. The number of hydrogen-bond acceptors (Lipinski definition) is 7. The first-order valence-corrected chi connectivity index (χ1v) is 15.6. The van der Waals surface area contributed by atoms with Gasteiger partial charge < -0.3 is 15.2 Å². The number of benzene rings is 3. The third kappa shape index (κ3) is 9.44. The van der Waals surface area contributed by atoms with Crippen LogP contribution in [0, 0.1) is 13.8 Å². The first-order valence-electron chi connectivity index (χ1n) is 14.4. The van der Waals surface area contributed by atoms with Gasteiger partial charge in [-0.25, -0.2) is 5.43 Å². The Kier molecular flexibility index (Phi) is 12.0. The maximum absolute atomic E-state index is 13.3. The summed E-state index contributed by atoms with van der Waals surface area (Å²) in [5, 5.41) is 16.1. The van der Waals surface area contributed by atoms with Gasteiger partial charge in [-0.3, -0.25) is 14.5 Å². The van der Waals surface area contributed by atoms with Crippen LogP contribution in [0.5, 0.6) is 5.75 Å². The van der Waals surface area contributed by atoms with Crippen LogP contribution in [-0.4, -0.2) is 66.6 Å². The Labute approximate surface area is 252 Å². The predicted octanol–water partition coefficient (Wildman–Crippen LogP) is 5.41. The average Bonchev–Trinajstić information content (AvgIpc) is 3.00. The van der Waals surface area contributed by atoms with Gasteiger partial charge >= 0.3 is 0 Å². The molecular formula is C33H40N4O4S. The van der Waals surface area contributed by atoms with E-state index in [1.807, 2.05) is 50.2 Å². The Morgan fingerprint density at radius 1 is 1.00 bits per heavy atom. The van der Waals surface area contributed by atoms with Crippen molar-refractivity contribution in [3.8, 4) is 5.75 Å². The summed E-state index contributed by atoms with van der Waals surface area (Å²) in [7, 11) is 0. The Hall–Kier alpha value is -3.66. The topological polar surface area (TPSA) is 103 Å². The number of hydrazone groups is 1. The number of hydrogen-bond donors (Lipinski definition) is 3. The van der Waals surface area contributed by atoms with Crippen LogP contribution in [0.1, 0.15) is 62.2 Å². The lowest BCUT2D eigenvalue weighted by Gasteiger charge is -2.26. The maximum atomic E-state index is 13.3. The fourth-order valence-corrected chi connectivity index (χ4v) is 5.40. The molecule has 2 amide bonds. The summed E-state index contributed by atoms with van der Waals surface area (Å²) < 4.78 is 6.01. The number of nitrogens with zero attached hydrogens (tertiary/aromatic N) is 2. The van der Waals surface area contributed by atoms with Crippen molar-refractivity contribution in [3.63, 3.8) is 0 Å². The third-order valence-electron chi connectivity index (χ3n) is 7.21. The fraction of sp³-hybridized carbons (Fsp3) is 0.364. The number of aryl methyl sites for hydroxylation is 2. The van der Waals surface area contributed by atoms with Crippen LogP contribution in [0.2, 0.25) is 0 Å². The summed E-state index contributed by atoms with van der Waals surface area (Å²) in [6.45, 7) is 7.70. The van der Waals surface area contributed by atoms with E-state index in [1.54, 1.807) is 42.2 Å². The van der Waals surface area contributed by atoms with E-state index in [-0.39, 0.29) is 18.1 Å². The number of carbonyl (C=O) groups excluding carboxylic acids is 2. The van der Waals surface area contributed by atoms with Crippen molar-refractivity contribution in [2.45, 2.75) is 38.9 Å². The van der Waals surface area contributed by atoms with E-state index < -0.39 is 5.91 Å². The molecule has 1 fully saturated rings. The molecular weight excluding hydrogens is 548 g/mol. The molecule has 0 unspecified atom stereocenters. The van der Waals surface area contributed by atoms with E-state index in [0.717, 1.165) is 36.3 Å². The standard InChI is InChI=1S/C33H40N4O4S/c1-24-9-10-26(19-25(24)2)22-34-36-33(40)30-21-29(41-17-15-37-13-4-3-5-14-37)11-12-31(30)35-32(39)28-8-6-7-27(20-28)23-42-18-16-38/h6-12,19-22,38H,3-5,13-18,23H2,1-2H3,(H,35,39)(H,36,40). The number of carbonyl (C=O) groups is 2. The van der Waals surface area contributed by atoms with Gasteiger partial charge in [0.2, 0.25) is 0 Å². The molecule has 0 aromatic heterocycles. The molecule has 0 spiro atoms. The second-order valence-electron chi connectivity index (χ2n) is 10.4. The van der Waals surface area contributed by atoms with Crippen LogP contribution >= 0.6 is 11.8 Å². The van der Waals surface area contributed by atoms with Crippen LogP contribution in [-0.2, 0) is 5.75 Å². The van der Waals surface area contributed by atoms with Gasteiger partial charge in [-0.2, -0.15) is 16.9 Å². The van der Waals surface area contributed by atoms with E-state index in [0.29, 0.717) is 35.1 Å². The van der Waals surface area contributed by atoms with Crippen molar-refractivity contribution >= 4 is 35.5 Å². The summed E-state index contributed by atoms with van der Waals surface area (Å²) in [5.41, 5.74) is 7.88. The third-order valence-corrected chi connectivity index (χ3v) is 8.22. The highest BCUT2D eigenvalue weighted by molar-refractivity contribution is 7.98. The zero-order chi connectivity index (χ0) is 29.7. The minimum atomic E-state index is -0.457. The lowest BCUT2D eigenvalue weighted by molar-refractivity contribution is 0.0955. The van der Waals surface area contributed by atoms with Gasteiger partial charge in [0.1, 0.15) is 12.4 Å². The number of nitrogens with one attached hydrogen (secondary N) is 2. The van der Waals surface area contributed by atoms with Crippen LogP contribution in [0.4, 0.5) is 5.69 Å². The molecule has 1 heterocycles. The summed E-state index contributed by atoms with van der Waals surface area (Å²) in [4.78, 5) is 28.9. The van der Waals surface area contributed by atoms with Crippen LogP contribution in [0.15, 0.2) is 65.8 Å². The lowest BCUT2D eigenvalue weighted by Crippen LogP contribution is -2.33. The zero-order valence-electron chi connectivity index (χ0n) is 24.4. The number of aliphatic hydroxyl groups excluding tert-OH is 1. The fourth-order valence-electron chi connectivity index (χ4n) is 4.71. The molecule has 0 atom stereocenters. The Balaban J connectivity index is 1.48. The van der Waals surface area contributed by atoms with Gasteiger partial charge in [-0.05, 0) is 92.4 Å². The molecule has 222 valence electrons. The van der Waals surface area contributed by atoms with E-state index in [4.69, 9.17) is 9.84 Å². The number of aliphatic hydroxyl groups is 1. The summed E-state index contributed by atoms with van der Waals surface area (Å²) in [5.74, 6) is 1.10. The molecule has 0 saturated carbocycles. The van der Waals surface area contributed by atoms with Crippen LogP contribution in [0.3, 0.4) is 0 Å². The summed E-state index contributed by atoms with van der Waals surface area (Å²) in [6.07, 6.45) is 5.31. The Morgan fingerprint density at radius 3 is 2.62 bits per heavy atom. The molecule has 3 aromatic rings. The average molecular weight is 589 g/mol. The number of ether oxygens (including phenoxy) is 1. The highest BCUT2D eigenvalue weighted by atomic mass is 32.2. The quantitative estimate of drug-likeness (QED) is 0.140. The minimum absolute atomic E-state index is 0.113. The normalized spacial score (nSPS) is 13.7. The highest BCUT2D eigenvalue weighted by Crippen LogP contribution is 2.24. The second kappa shape index (κ2) is 16.1. The molecule has 1 aliphatic heterocycles.